The third kappa shape index (κ3) is 3.44. The number of hydrogen-bond acceptors (Lipinski definition) is 4. The minimum Gasteiger partial charge on any atom is -0.292 e. The summed E-state index contributed by atoms with van der Waals surface area (Å²) >= 11 is 1.77. The summed E-state index contributed by atoms with van der Waals surface area (Å²) in [5.41, 5.74) is 5.19. The van der Waals surface area contributed by atoms with Crippen LogP contribution >= 0.6 is 11.3 Å². The van der Waals surface area contributed by atoms with Gasteiger partial charge in [-0.05, 0) is 61.2 Å². The molecule has 128 valence electrons. The van der Waals surface area contributed by atoms with Crippen LogP contribution in [0.25, 0.3) is 0 Å². The van der Waals surface area contributed by atoms with Crippen LogP contribution in [-0.2, 0) is 13.1 Å². The van der Waals surface area contributed by atoms with Gasteiger partial charge in [0.05, 0.1) is 0 Å². The van der Waals surface area contributed by atoms with Crippen molar-refractivity contribution in [3.8, 4) is 0 Å². The first-order chi connectivity index (χ1) is 11.6. The molecule has 6 heteroatoms. The highest BCUT2D eigenvalue weighted by atomic mass is 32.1. The Morgan fingerprint density at radius 2 is 1.96 bits per heavy atom. The van der Waals surface area contributed by atoms with Crippen LogP contribution in [0.2, 0.25) is 0 Å². The first kappa shape index (κ1) is 16.9. The van der Waals surface area contributed by atoms with Gasteiger partial charge >= 0.3 is 0 Å². The SMILES string of the molecule is CCC(C)N(Cc1ccsc1)Cc1cc(C)n(-n2cnnc2)c1C. The lowest BCUT2D eigenvalue weighted by molar-refractivity contribution is 0.186. The van der Waals surface area contributed by atoms with E-state index < -0.39 is 0 Å². The molecule has 0 spiro atoms. The topological polar surface area (TPSA) is 38.9 Å². The van der Waals surface area contributed by atoms with Crippen molar-refractivity contribution in [3.05, 3.63) is 58.1 Å². The number of hydrogen-bond donors (Lipinski definition) is 0. The zero-order chi connectivity index (χ0) is 17.1. The molecule has 0 N–H and O–H groups in total. The summed E-state index contributed by atoms with van der Waals surface area (Å²) in [6, 6.07) is 5.04. The molecule has 3 heterocycles. The molecule has 5 nitrogen and oxygen atoms in total. The molecular formula is C18H25N5S. The third-order valence-corrected chi connectivity index (χ3v) is 5.42. The average molecular weight is 344 g/mol. The van der Waals surface area contributed by atoms with Crippen LogP contribution in [-0.4, -0.2) is 30.5 Å². The predicted molar refractivity (Wildman–Crippen MR) is 98.0 cm³/mol. The molecule has 0 radical (unpaired) electrons. The normalized spacial score (nSPS) is 12.9. The summed E-state index contributed by atoms with van der Waals surface area (Å²) in [4.78, 5) is 2.56. The second-order valence-corrected chi connectivity index (χ2v) is 7.12. The number of nitrogens with zero attached hydrogens (tertiary/aromatic N) is 5. The molecule has 0 aliphatic rings. The number of aryl methyl sites for hydroxylation is 1. The van der Waals surface area contributed by atoms with E-state index in [2.05, 4.69) is 70.4 Å². The van der Waals surface area contributed by atoms with Gasteiger partial charge in [-0.1, -0.05) is 6.92 Å². The van der Waals surface area contributed by atoms with Crippen molar-refractivity contribution in [2.75, 3.05) is 0 Å². The fourth-order valence-corrected chi connectivity index (χ4v) is 3.75. The summed E-state index contributed by atoms with van der Waals surface area (Å²) < 4.78 is 4.09. The van der Waals surface area contributed by atoms with E-state index in [9.17, 15) is 0 Å². The first-order valence-corrected chi connectivity index (χ1v) is 9.32. The minimum atomic E-state index is 0.544. The minimum absolute atomic E-state index is 0.544. The number of thiophene rings is 1. The van der Waals surface area contributed by atoms with E-state index in [0.29, 0.717) is 6.04 Å². The van der Waals surface area contributed by atoms with E-state index in [4.69, 9.17) is 0 Å². The molecule has 0 aliphatic carbocycles. The molecule has 1 atom stereocenters. The standard InChI is InChI=1S/C18H25N5S/c1-5-14(2)21(9-17-6-7-24-11-17)10-18-8-15(3)23(16(18)4)22-12-19-20-13-22/h6-8,11-14H,5,9-10H2,1-4H3. The number of rotatable bonds is 7. The van der Waals surface area contributed by atoms with E-state index >= 15 is 0 Å². The Hall–Kier alpha value is -1.92. The highest BCUT2D eigenvalue weighted by Gasteiger charge is 2.18. The van der Waals surface area contributed by atoms with Gasteiger partial charge in [0.25, 0.3) is 0 Å². The lowest BCUT2D eigenvalue weighted by Crippen LogP contribution is -2.31. The molecule has 0 saturated heterocycles. The van der Waals surface area contributed by atoms with E-state index in [1.165, 1.54) is 22.5 Å². The highest BCUT2D eigenvalue weighted by molar-refractivity contribution is 7.07. The van der Waals surface area contributed by atoms with Crippen LogP contribution in [0.3, 0.4) is 0 Å². The Labute approximate surface area is 147 Å². The number of aromatic nitrogens is 4. The molecule has 0 saturated carbocycles. The van der Waals surface area contributed by atoms with E-state index in [-0.39, 0.29) is 0 Å². The third-order valence-electron chi connectivity index (χ3n) is 4.69. The van der Waals surface area contributed by atoms with Crippen molar-refractivity contribution in [3.63, 3.8) is 0 Å². The van der Waals surface area contributed by atoms with Gasteiger partial charge in [0.2, 0.25) is 0 Å². The fraction of sp³-hybridized carbons (Fsp3) is 0.444. The van der Waals surface area contributed by atoms with Gasteiger partial charge < -0.3 is 0 Å². The van der Waals surface area contributed by atoms with Gasteiger partial charge in [-0.25, -0.2) is 4.68 Å². The smallest absolute Gasteiger partial charge is 0.139 e. The summed E-state index contributed by atoms with van der Waals surface area (Å²) in [5, 5.41) is 12.3. The molecule has 24 heavy (non-hydrogen) atoms. The van der Waals surface area contributed by atoms with Crippen LogP contribution in [0.4, 0.5) is 0 Å². The largest absolute Gasteiger partial charge is 0.292 e. The molecule has 0 bridgehead atoms. The second-order valence-electron chi connectivity index (χ2n) is 6.34. The molecule has 0 aromatic carbocycles. The summed E-state index contributed by atoms with van der Waals surface area (Å²) in [6.45, 7) is 10.8. The highest BCUT2D eigenvalue weighted by Crippen LogP contribution is 2.21. The quantitative estimate of drug-likeness (QED) is 0.654. The van der Waals surface area contributed by atoms with E-state index in [1.807, 2.05) is 4.68 Å². The summed E-state index contributed by atoms with van der Waals surface area (Å²) in [6.07, 6.45) is 4.62. The lowest BCUT2D eigenvalue weighted by atomic mass is 10.1. The molecule has 0 aliphatic heterocycles. The molecule has 3 aromatic heterocycles. The molecule has 0 amide bonds. The van der Waals surface area contributed by atoms with Gasteiger partial charge in [0, 0.05) is 30.5 Å². The Balaban J connectivity index is 1.86. The molecule has 3 rings (SSSR count). The Bertz CT molecular complexity index is 758. The van der Waals surface area contributed by atoms with Crippen LogP contribution in [0.1, 0.15) is 42.8 Å². The zero-order valence-electron chi connectivity index (χ0n) is 14.8. The van der Waals surface area contributed by atoms with Gasteiger partial charge in [-0.15, -0.1) is 10.2 Å². The summed E-state index contributed by atoms with van der Waals surface area (Å²) in [7, 11) is 0. The van der Waals surface area contributed by atoms with Crippen LogP contribution in [0, 0.1) is 13.8 Å². The van der Waals surface area contributed by atoms with Crippen molar-refractivity contribution >= 4 is 11.3 Å². The first-order valence-electron chi connectivity index (χ1n) is 8.38. The van der Waals surface area contributed by atoms with Crippen molar-refractivity contribution < 1.29 is 0 Å². The maximum atomic E-state index is 3.93. The molecular weight excluding hydrogens is 318 g/mol. The Morgan fingerprint density at radius 3 is 2.58 bits per heavy atom. The fourth-order valence-electron chi connectivity index (χ4n) is 3.09. The van der Waals surface area contributed by atoms with Crippen LogP contribution in [0.5, 0.6) is 0 Å². The van der Waals surface area contributed by atoms with Gasteiger partial charge in [0.1, 0.15) is 12.7 Å². The predicted octanol–water partition coefficient (Wildman–Crippen LogP) is 3.87. The van der Waals surface area contributed by atoms with Crippen molar-refractivity contribution in [2.24, 2.45) is 0 Å². The Kier molecular flexibility index (Phi) is 5.16. The van der Waals surface area contributed by atoms with Crippen molar-refractivity contribution in [1.29, 1.82) is 0 Å². The van der Waals surface area contributed by atoms with Gasteiger partial charge in [-0.3, -0.25) is 9.58 Å². The van der Waals surface area contributed by atoms with Gasteiger partial charge in [0.15, 0.2) is 0 Å². The lowest BCUT2D eigenvalue weighted by Gasteiger charge is -2.28. The zero-order valence-corrected chi connectivity index (χ0v) is 15.6. The van der Waals surface area contributed by atoms with E-state index in [0.717, 1.165) is 19.5 Å². The molecule has 3 aromatic rings. The second kappa shape index (κ2) is 7.32. The Morgan fingerprint density at radius 1 is 1.21 bits per heavy atom. The van der Waals surface area contributed by atoms with Crippen LogP contribution < -0.4 is 0 Å². The van der Waals surface area contributed by atoms with Crippen molar-refractivity contribution in [1.82, 2.24) is 24.4 Å². The van der Waals surface area contributed by atoms with Crippen LogP contribution in [0.15, 0.2) is 35.5 Å². The van der Waals surface area contributed by atoms with Gasteiger partial charge in [-0.2, -0.15) is 11.3 Å². The average Bonchev–Trinajstić information content (AvgIpc) is 3.29. The van der Waals surface area contributed by atoms with E-state index in [1.54, 1.807) is 24.0 Å². The van der Waals surface area contributed by atoms with Crippen molar-refractivity contribution in [2.45, 2.75) is 53.2 Å². The monoisotopic (exact) mass is 343 g/mol. The summed E-state index contributed by atoms with van der Waals surface area (Å²) in [5.74, 6) is 0. The molecule has 0 fully saturated rings. The maximum absolute atomic E-state index is 3.93. The maximum Gasteiger partial charge on any atom is 0.139 e. The molecule has 1 unspecified atom stereocenters.